The van der Waals surface area contributed by atoms with Crippen LogP contribution in [0.4, 0.5) is 0 Å². The van der Waals surface area contributed by atoms with Gasteiger partial charge in [-0.3, -0.25) is 4.79 Å². The van der Waals surface area contributed by atoms with Crippen LogP contribution in [0.3, 0.4) is 0 Å². The number of nitriles is 1. The van der Waals surface area contributed by atoms with Gasteiger partial charge in [-0.25, -0.2) is 0 Å². The summed E-state index contributed by atoms with van der Waals surface area (Å²) in [5.74, 6) is -0.499. The van der Waals surface area contributed by atoms with E-state index in [0.717, 1.165) is 16.7 Å². The Morgan fingerprint density at radius 1 is 1.44 bits per heavy atom. The highest BCUT2D eigenvalue weighted by Crippen LogP contribution is 2.19. The maximum atomic E-state index is 10.5. The van der Waals surface area contributed by atoms with Gasteiger partial charge in [0.2, 0.25) is 0 Å². The fourth-order valence-electron chi connectivity index (χ4n) is 1.62. The minimum Gasteiger partial charge on any atom is -0.481 e. The molecule has 1 N–H and O–H groups in total. The number of hydrogen-bond acceptors (Lipinski definition) is 2. The number of carbonyl (C=O) groups is 1. The van der Waals surface area contributed by atoms with Crippen LogP contribution in [0, 0.1) is 11.3 Å². The number of carboxylic acids is 1. The van der Waals surface area contributed by atoms with Gasteiger partial charge in [0.1, 0.15) is 0 Å². The zero-order valence-electron chi connectivity index (χ0n) is 8.74. The van der Waals surface area contributed by atoms with E-state index < -0.39 is 5.97 Å². The lowest BCUT2D eigenvalue weighted by atomic mass is 9.96. The van der Waals surface area contributed by atoms with E-state index in [0.29, 0.717) is 18.7 Å². The van der Waals surface area contributed by atoms with E-state index in [-0.39, 0.29) is 6.42 Å². The molecule has 0 saturated heterocycles. The second-order valence-electron chi connectivity index (χ2n) is 3.42. The van der Waals surface area contributed by atoms with Crippen LogP contribution < -0.4 is 0 Å². The first kappa shape index (κ1) is 12.5. The summed E-state index contributed by atoms with van der Waals surface area (Å²) in [6.45, 7) is 0. The Balaban J connectivity index is 3.00. The first-order chi connectivity index (χ1) is 7.69. The molecule has 0 aliphatic heterocycles. The summed E-state index contributed by atoms with van der Waals surface area (Å²) in [6, 6.07) is 7.62. The lowest BCUT2D eigenvalue weighted by Crippen LogP contribution is -2.03. The van der Waals surface area contributed by atoms with Gasteiger partial charge in [0.15, 0.2) is 0 Å². The standard InChI is InChI=1S/C12H12ClNO2/c13-8-10-3-1-2-9(6-7-14)11(10)4-5-12(15)16/h1-3H,4-6,8H2,(H,15,16). The molecular formula is C12H12ClNO2. The van der Waals surface area contributed by atoms with Crippen molar-refractivity contribution in [3.05, 3.63) is 34.9 Å². The molecule has 0 radical (unpaired) electrons. The molecule has 1 aromatic rings. The van der Waals surface area contributed by atoms with Crippen molar-refractivity contribution in [1.82, 2.24) is 0 Å². The third-order valence-electron chi connectivity index (χ3n) is 2.37. The predicted molar refractivity (Wildman–Crippen MR) is 61.3 cm³/mol. The van der Waals surface area contributed by atoms with Crippen molar-refractivity contribution in [3.63, 3.8) is 0 Å². The number of halogens is 1. The summed E-state index contributed by atoms with van der Waals surface area (Å²) >= 11 is 5.79. The molecule has 0 atom stereocenters. The Kier molecular flexibility index (Phi) is 4.81. The highest BCUT2D eigenvalue weighted by atomic mass is 35.5. The van der Waals surface area contributed by atoms with E-state index in [9.17, 15) is 4.79 Å². The second-order valence-corrected chi connectivity index (χ2v) is 3.68. The number of nitrogens with zero attached hydrogens (tertiary/aromatic N) is 1. The molecule has 1 aromatic carbocycles. The van der Waals surface area contributed by atoms with Gasteiger partial charge < -0.3 is 5.11 Å². The van der Waals surface area contributed by atoms with Crippen LogP contribution in [-0.2, 0) is 23.5 Å². The van der Waals surface area contributed by atoms with Crippen molar-refractivity contribution in [2.45, 2.75) is 25.1 Å². The average molecular weight is 238 g/mol. The van der Waals surface area contributed by atoms with Gasteiger partial charge in [0.25, 0.3) is 0 Å². The van der Waals surface area contributed by atoms with Crippen LogP contribution in [0.15, 0.2) is 18.2 Å². The SMILES string of the molecule is N#CCc1cccc(CCl)c1CCC(=O)O. The fraction of sp³-hybridized carbons (Fsp3) is 0.333. The zero-order chi connectivity index (χ0) is 12.0. The molecular weight excluding hydrogens is 226 g/mol. The Labute approximate surface area is 99.3 Å². The van der Waals surface area contributed by atoms with Crippen LogP contribution in [0.2, 0.25) is 0 Å². The molecule has 0 aliphatic rings. The van der Waals surface area contributed by atoms with Gasteiger partial charge in [-0.1, -0.05) is 18.2 Å². The number of alkyl halides is 1. The first-order valence-electron chi connectivity index (χ1n) is 4.93. The van der Waals surface area contributed by atoms with Crippen molar-refractivity contribution < 1.29 is 9.90 Å². The molecule has 84 valence electrons. The first-order valence-corrected chi connectivity index (χ1v) is 5.46. The average Bonchev–Trinajstić information content (AvgIpc) is 2.27. The van der Waals surface area contributed by atoms with E-state index in [1.54, 1.807) is 0 Å². The molecule has 3 nitrogen and oxygen atoms in total. The van der Waals surface area contributed by atoms with E-state index in [2.05, 4.69) is 6.07 Å². The normalized spacial score (nSPS) is 9.75. The molecule has 0 bridgehead atoms. The molecule has 0 aromatic heterocycles. The van der Waals surface area contributed by atoms with E-state index in [1.807, 2.05) is 18.2 Å². The van der Waals surface area contributed by atoms with Crippen molar-refractivity contribution in [3.8, 4) is 6.07 Å². The van der Waals surface area contributed by atoms with Crippen LogP contribution in [0.25, 0.3) is 0 Å². The summed E-state index contributed by atoms with van der Waals surface area (Å²) < 4.78 is 0. The third kappa shape index (κ3) is 3.25. The van der Waals surface area contributed by atoms with Gasteiger partial charge in [0.05, 0.1) is 12.5 Å². The van der Waals surface area contributed by atoms with Crippen LogP contribution in [0.1, 0.15) is 23.1 Å². The fourth-order valence-corrected chi connectivity index (χ4v) is 1.87. The minimum atomic E-state index is -0.840. The zero-order valence-corrected chi connectivity index (χ0v) is 9.50. The Morgan fingerprint density at radius 2 is 2.12 bits per heavy atom. The summed E-state index contributed by atoms with van der Waals surface area (Å²) in [6.07, 6.45) is 0.779. The second kappa shape index (κ2) is 6.14. The van der Waals surface area contributed by atoms with Gasteiger partial charge in [-0.15, -0.1) is 11.6 Å². The van der Waals surface area contributed by atoms with Crippen LogP contribution >= 0.6 is 11.6 Å². The third-order valence-corrected chi connectivity index (χ3v) is 2.66. The molecule has 0 amide bonds. The quantitative estimate of drug-likeness (QED) is 0.801. The van der Waals surface area contributed by atoms with Crippen LogP contribution in [0.5, 0.6) is 0 Å². The predicted octanol–water partition coefficient (Wildman–Crippen LogP) is 2.51. The molecule has 0 saturated carbocycles. The van der Waals surface area contributed by atoms with Crippen molar-refractivity contribution in [1.29, 1.82) is 5.26 Å². The van der Waals surface area contributed by atoms with Gasteiger partial charge >= 0.3 is 5.97 Å². The lowest BCUT2D eigenvalue weighted by Gasteiger charge is -2.10. The van der Waals surface area contributed by atoms with Crippen molar-refractivity contribution >= 4 is 17.6 Å². The van der Waals surface area contributed by atoms with Gasteiger partial charge in [-0.2, -0.15) is 5.26 Å². The number of hydrogen-bond donors (Lipinski definition) is 1. The van der Waals surface area contributed by atoms with E-state index in [4.69, 9.17) is 22.0 Å². The monoisotopic (exact) mass is 237 g/mol. The maximum absolute atomic E-state index is 10.5. The smallest absolute Gasteiger partial charge is 0.303 e. The summed E-state index contributed by atoms with van der Waals surface area (Å²) in [5, 5.41) is 17.3. The Bertz CT molecular complexity index is 424. The van der Waals surface area contributed by atoms with Gasteiger partial charge in [0, 0.05) is 12.3 Å². The summed E-state index contributed by atoms with van der Waals surface area (Å²) in [5.41, 5.74) is 2.69. The number of aliphatic carboxylic acids is 1. The topological polar surface area (TPSA) is 61.1 Å². The van der Waals surface area contributed by atoms with Crippen molar-refractivity contribution in [2.24, 2.45) is 0 Å². The summed E-state index contributed by atoms with van der Waals surface area (Å²) in [4.78, 5) is 10.5. The molecule has 0 heterocycles. The van der Waals surface area contributed by atoms with E-state index >= 15 is 0 Å². The highest BCUT2D eigenvalue weighted by Gasteiger charge is 2.09. The number of benzene rings is 1. The Hall–Kier alpha value is -1.53. The minimum absolute atomic E-state index is 0.0618. The largest absolute Gasteiger partial charge is 0.481 e. The number of rotatable bonds is 5. The molecule has 16 heavy (non-hydrogen) atoms. The molecule has 0 aliphatic carbocycles. The molecule has 0 spiro atoms. The maximum Gasteiger partial charge on any atom is 0.303 e. The van der Waals surface area contributed by atoms with Gasteiger partial charge in [-0.05, 0) is 23.1 Å². The van der Waals surface area contributed by atoms with Crippen molar-refractivity contribution in [2.75, 3.05) is 0 Å². The van der Waals surface area contributed by atoms with Crippen LogP contribution in [-0.4, -0.2) is 11.1 Å². The molecule has 4 heteroatoms. The molecule has 0 fully saturated rings. The summed E-state index contributed by atoms with van der Waals surface area (Å²) in [7, 11) is 0. The number of carboxylic acid groups (broad SMARTS) is 1. The highest BCUT2D eigenvalue weighted by molar-refractivity contribution is 6.17. The Morgan fingerprint density at radius 3 is 2.69 bits per heavy atom. The molecule has 0 unspecified atom stereocenters. The van der Waals surface area contributed by atoms with E-state index in [1.165, 1.54) is 0 Å². The lowest BCUT2D eigenvalue weighted by molar-refractivity contribution is -0.136. The molecule has 1 rings (SSSR count).